The number of carbonyl (C=O) groups excluding carboxylic acids is 3. The standard InChI is InChI=1S/C24H27N5O4/c1-3-14-9-20(23(31)27-16(12-25)10-15-7-8-26-22(15)30)29(13-14)24(32)19-11-17-18(28-19)5-4-6-21(17)33-2/h3-6,11,14-16,20,28H,1,7-10,13H2,2H3,(H,26,30)(H,27,31)/t14-,15+,16+,20+/m1/s1. The summed E-state index contributed by atoms with van der Waals surface area (Å²) < 4.78 is 5.38. The zero-order chi connectivity index (χ0) is 23.5. The average Bonchev–Trinajstić information content (AvgIpc) is 3.55. The van der Waals surface area contributed by atoms with Crippen molar-refractivity contribution in [1.29, 1.82) is 5.26 Å². The number of nitrogens with zero attached hydrogens (tertiary/aromatic N) is 2. The Kier molecular flexibility index (Phi) is 6.36. The molecule has 3 N–H and O–H groups in total. The first-order chi connectivity index (χ1) is 15.9. The summed E-state index contributed by atoms with van der Waals surface area (Å²) in [6.07, 6.45) is 3.06. The summed E-state index contributed by atoms with van der Waals surface area (Å²) in [6, 6.07) is 7.77. The SMILES string of the molecule is C=C[C@@H]1C[C@@H](C(=O)N[C@H](C#N)C[C@@H]2CCNC2=O)N(C(=O)c2cc3c(OC)cccc3[nH]2)C1. The van der Waals surface area contributed by atoms with Gasteiger partial charge in [-0.15, -0.1) is 6.58 Å². The van der Waals surface area contributed by atoms with Crippen LogP contribution in [-0.2, 0) is 9.59 Å². The highest BCUT2D eigenvalue weighted by Gasteiger charge is 2.40. The van der Waals surface area contributed by atoms with Crippen LogP contribution in [-0.4, -0.2) is 59.9 Å². The van der Waals surface area contributed by atoms with Gasteiger partial charge in [-0.3, -0.25) is 14.4 Å². The number of ether oxygens (including phenoxy) is 1. The van der Waals surface area contributed by atoms with Gasteiger partial charge in [0.05, 0.1) is 13.2 Å². The number of likely N-dealkylation sites (tertiary alicyclic amines) is 1. The fraction of sp³-hybridized carbons (Fsp3) is 0.417. The number of carbonyl (C=O) groups is 3. The molecule has 2 aliphatic heterocycles. The van der Waals surface area contributed by atoms with E-state index in [9.17, 15) is 19.6 Å². The van der Waals surface area contributed by atoms with Gasteiger partial charge < -0.3 is 25.3 Å². The van der Waals surface area contributed by atoms with Gasteiger partial charge >= 0.3 is 0 Å². The lowest BCUT2D eigenvalue weighted by atomic mass is 9.98. The Morgan fingerprint density at radius 3 is 2.94 bits per heavy atom. The second kappa shape index (κ2) is 9.36. The molecule has 4 rings (SSSR count). The number of hydrogen-bond acceptors (Lipinski definition) is 5. The van der Waals surface area contributed by atoms with Gasteiger partial charge in [0.25, 0.3) is 5.91 Å². The van der Waals surface area contributed by atoms with Crippen LogP contribution >= 0.6 is 0 Å². The van der Waals surface area contributed by atoms with Crippen molar-refractivity contribution < 1.29 is 19.1 Å². The Labute approximate surface area is 191 Å². The van der Waals surface area contributed by atoms with Gasteiger partial charge in [0, 0.05) is 29.9 Å². The van der Waals surface area contributed by atoms with Crippen LogP contribution in [0.1, 0.15) is 29.8 Å². The van der Waals surface area contributed by atoms with Crippen LogP contribution in [0.5, 0.6) is 5.75 Å². The Morgan fingerprint density at radius 1 is 1.45 bits per heavy atom. The maximum atomic E-state index is 13.4. The molecule has 0 bridgehead atoms. The van der Waals surface area contributed by atoms with Crippen molar-refractivity contribution in [3.05, 3.63) is 42.6 Å². The predicted molar refractivity (Wildman–Crippen MR) is 121 cm³/mol. The van der Waals surface area contributed by atoms with E-state index in [2.05, 4.69) is 28.3 Å². The number of aromatic nitrogens is 1. The van der Waals surface area contributed by atoms with Gasteiger partial charge in [0.15, 0.2) is 0 Å². The van der Waals surface area contributed by atoms with E-state index in [0.717, 1.165) is 10.9 Å². The minimum absolute atomic E-state index is 0.0373. The zero-order valence-electron chi connectivity index (χ0n) is 18.5. The number of aromatic amines is 1. The highest BCUT2D eigenvalue weighted by molar-refractivity contribution is 6.01. The van der Waals surface area contributed by atoms with Crippen molar-refractivity contribution in [3.63, 3.8) is 0 Å². The zero-order valence-corrected chi connectivity index (χ0v) is 18.5. The van der Waals surface area contributed by atoms with Gasteiger partial charge in [-0.1, -0.05) is 12.1 Å². The number of rotatable bonds is 7. The quantitative estimate of drug-likeness (QED) is 0.555. The van der Waals surface area contributed by atoms with E-state index in [1.807, 2.05) is 18.2 Å². The fourth-order valence-electron chi connectivity index (χ4n) is 4.65. The molecular formula is C24H27N5O4. The van der Waals surface area contributed by atoms with Crippen molar-refractivity contribution in [2.75, 3.05) is 20.2 Å². The number of amides is 3. The molecule has 1 aromatic carbocycles. The monoisotopic (exact) mass is 449 g/mol. The Hall–Kier alpha value is -3.80. The van der Waals surface area contributed by atoms with Gasteiger partial charge in [-0.2, -0.15) is 5.26 Å². The van der Waals surface area contributed by atoms with E-state index in [4.69, 9.17) is 4.74 Å². The van der Waals surface area contributed by atoms with Gasteiger partial charge in [0.1, 0.15) is 23.5 Å². The second-order valence-electron chi connectivity index (χ2n) is 8.51. The highest BCUT2D eigenvalue weighted by Crippen LogP contribution is 2.30. The number of hydrogen-bond donors (Lipinski definition) is 3. The Morgan fingerprint density at radius 2 is 2.27 bits per heavy atom. The normalized spacial score (nSPS) is 23.1. The second-order valence-corrected chi connectivity index (χ2v) is 8.51. The van der Waals surface area contributed by atoms with Crippen LogP contribution in [0, 0.1) is 23.2 Å². The molecule has 2 aromatic rings. The van der Waals surface area contributed by atoms with E-state index in [0.29, 0.717) is 37.4 Å². The van der Waals surface area contributed by atoms with Crippen molar-refractivity contribution in [2.45, 2.75) is 31.3 Å². The molecule has 0 radical (unpaired) electrons. The van der Waals surface area contributed by atoms with Crippen LogP contribution in [0.25, 0.3) is 10.9 Å². The van der Waals surface area contributed by atoms with E-state index >= 15 is 0 Å². The third kappa shape index (κ3) is 4.42. The Balaban J connectivity index is 1.52. The number of H-pyrrole nitrogens is 1. The number of fused-ring (bicyclic) bond motifs is 1. The maximum Gasteiger partial charge on any atom is 0.271 e. The van der Waals surface area contributed by atoms with Gasteiger partial charge in [-0.05, 0) is 43.4 Å². The summed E-state index contributed by atoms with van der Waals surface area (Å²) in [7, 11) is 1.57. The van der Waals surface area contributed by atoms with Crippen molar-refractivity contribution in [1.82, 2.24) is 20.5 Å². The lowest BCUT2D eigenvalue weighted by molar-refractivity contribution is -0.126. The molecular weight excluding hydrogens is 422 g/mol. The first-order valence-corrected chi connectivity index (χ1v) is 11.0. The molecule has 0 unspecified atom stereocenters. The largest absolute Gasteiger partial charge is 0.496 e. The number of methoxy groups -OCH3 is 1. The molecule has 9 nitrogen and oxygen atoms in total. The summed E-state index contributed by atoms with van der Waals surface area (Å²) in [5.41, 5.74) is 1.12. The van der Waals surface area contributed by atoms with E-state index in [1.165, 1.54) is 4.90 Å². The minimum atomic E-state index is -0.802. The van der Waals surface area contributed by atoms with Crippen LogP contribution in [0.2, 0.25) is 0 Å². The summed E-state index contributed by atoms with van der Waals surface area (Å²) in [5.74, 6) is -0.477. The van der Waals surface area contributed by atoms with Crippen molar-refractivity contribution in [2.24, 2.45) is 11.8 Å². The number of nitriles is 1. The molecule has 4 atom stereocenters. The number of nitrogens with one attached hydrogen (secondary N) is 3. The molecule has 2 fully saturated rings. The van der Waals surface area contributed by atoms with Crippen LogP contribution < -0.4 is 15.4 Å². The molecule has 0 aliphatic carbocycles. The third-order valence-corrected chi connectivity index (χ3v) is 6.46. The van der Waals surface area contributed by atoms with Gasteiger partial charge in [0.2, 0.25) is 11.8 Å². The third-order valence-electron chi connectivity index (χ3n) is 6.46. The van der Waals surface area contributed by atoms with Gasteiger partial charge in [-0.25, -0.2) is 0 Å². The first-order valence-electron chi connectivity index (χ1n) is 11.0. The van der Waals surface area contributed by atoms with Crippen LogP contribution in [0.4, 0.5) is 0 Å². The molecule has 172 valence electrons. The fourth-order valence-corrected chi connectivity index (χ4v) is 4.65. The molecule has 0 spiro atoms. The summed E-state index contributed by atoms with van der Waals surface area (Å²) in [5, 5.41) is 15.8. The molecule has 1 aromatic heterocycles. The topological polar surface area (TPSA) is 127 Å². The molecule has 9 heteroatoms. The van der Waals surface area contributed by atoms with Crippen LogP contribution in [0.3, 0.4) is 0 Å². The van der Waals surface area contributed by atoms with Crippen LogP contribution in [0.15, 0.2) is 36.9 Å². The average molecular weight is 450 g/mol. The Bertz CT molecular complexity index is 1130. The summed E-state index contributed by atoms with van der Waals surface area (Å²) in [6.45, 7) is 4.76. The first kappa shape index (κ1) is 22.4. The molecule has 2 saturated heterocycles. The van der Waals surface area contributed by atoms with E-state index < -0.39 is 18.0 Å². The lowest BCUT2D eigenvalue weighted by Crippen LogP contribution is -2.49. The summed E-state index contributed by atoms with van der Waals surface area (Å²) in [4.78, 5) is 43.0. The smallest absolute Gasteiger partial charge is 0.271 e. The van der Waals surface area contributed by atoms with Crippen molar-refractivity contribution >= 4 is 28.6 Å². The minimum Gasteiger partial charge on any atom is -0.496 e. The maximum absolute atomic E-state index is 13.4. The highest BCUT2D eigenvalue weighted by atomic mass is 16.5. The van der Waals surface area contributed by atoms with E-state index in [-0.39, 0.29) is 30.1 Å². The number of benzene rings is 1. The van der Waals surface area contributed by atoms with Crippen molar-refractivity contribution in [3.8, 4) is 11.8 Å². The molecule has 2 aliphatic rings. The molecule has 33 heavy (non-hydrogen) atoms. The molecule has 0 saturated carbocycles. The van der Waals surface area contributed by atoms with E-state index in [1.54, 1.807) is 19.3 Å². The predicted octanol–water partition coefficient (Wildman–Crippen LogP) is 1.73. The molecule has 3 amide bonds. The molecule has 3 heterocycles. The lowest BCUT2D eigenvalue weighted by Gasteiger charge is -2.25. The summed E-state index contributed by atoms with van der Waals surface area (Å²) >= 11 is 0.